The number of aromatic amines is 1. The Bertz CT molecular complexity index is 1450. The van der Waals surface area contributed by atoms with Crippen molar-refractivity contribution in [1.82, 2.24) is 29.4 Å². The van der Waals surface area contributed by atoms with Crippen LogP contribution in [0, 0.1) is 0 Å². The van der Waals surface area contributed by atoms with E-state index in [0.717, 1.165) is 27.7 Å². The third kappa shape index (κ3) is 4.57. The van der Waals surface area contributed by atoms with Crippen LogP contribution in [0.15, 0.2) is 36.8 Å². The van der Waals surface area contributed by atoms with Crippen LogP contribution in [-0.4, -0.2) is 81.7 Å². The molecule has 0 spiro atoms. The van der Waals surface area contributed by atoms with Crippen molar-refractivity contribution in [2.75, 3.05) is 40.9 Å². The maximum atomic E-state index is 13.0. The van der Waals surface area contributed by atoms with Crippen LogP contribution in [0.4, 0.5) is 0 Å². The monoisotopic (exact) mass is 504 g/mol. The van der Waals surface area contributed by atoms with Crippen molar-refractivity contribution in [3.63, 3.8) is 0 Å². The largest absolute Gasteiger partial charge is 0.493 e. The van der Waals surface area contributed by atoms with Crippen molar-refractivity contribution in [2.24, 2.45) is 0 Å². The summed E-state index contributed by atoms with van der Waals surface area (Å²) in [6.45, 7) is 9.93. The molecule has 37 heavy (non-hydrogen) atoms. The van der Waals surface area contributed by atoms with Crippen LogP contribution in [0.5, 0.6) is 5.75 Å². The smallest absolute Gasteiger partial charge is 0.237 e. The van der Waals surface area contributed by atoms with Gasteiger partial charge in [-0.1, -0.05) is 19.9 Å². The van der Waals surface area contributed by atoms with E-state index in [1.54, 1.807) is 11.6 Å². The highest BCUT2D eigenvalue weighted by atomic mass is 16.5. The number of amides is 1. The molecule has 1 N–H and O–H groups in total. The summed E-state index contributed by atoms with van der Waals surface area (Å²) in [5.41, 5.74) is 5.69. The van der Waals surface area contributed by atoms with E-state index in [0.29, 0.717) is 31.1 Å². The number of likely N-dealkylation sites (N-methyl/N-ethyl adjacent to an activating group) is 1. The molecular formula is C28H36N6O3. The van der Waals surface area contributed by atoms with Crippen molar-refractivity contribution in [3.8, 4) is 17.0 Å². The first-order chi connectivity index (χ1) is 17.6. The highest BCUT2D eigenvalue weighted by molar-refractivity contribution is 5.92. The van der Waals surface area contributed by atoms with Gasteiger partial charge in [-0.3, -0.25) is 4.79 Å². The number of methoxy groups -OCH3 is 1. The van der Waals surface area contributed by atoms with E-state index in [1.165, 1.54) is 11.9 Å². The molecule has 5 rings (SSSR count). The molecule has 3 aromatic heterocycles. The van der Waals surface area contributed by atoms with Crippen molar-refractivity contribution in [2.45, 2.75) is 45.3 Å². The lowest BCUT2D eigenvalue weighted by atomic mass is 9.94. The van der Waals surface area contributed by atoms with Gasteiger partial charge in [-0.15, -0.1) is 0 Å². The highest BCUT2D eigenvalue weighted by Gasteiger charge is 2.38. The van der Waals surface area contributed by atoms with E-state index in [1.807, 2.05) is 36.2 Å². The number of nitrogens with zero attached hydrogens (tertiary/aromatic N) is 5. The molecule has 1 aliphatic rings. The minimum atomic E-state index is -0.350. The number of nitrogens with one attached hydrogen (secondary N) is 1. The number of rotatable bonds is 6. The highest BCUT2D eigenvalue weighted by Crippen LogP contribution is 2.39. The van der Waals surface area contributed by atoms with Crippen LogP contribution in [0.25, 0.3) is 27.8 Å². The minimum Gasteiger partial charge on any atom is -0.493 e. The Morgan fingerprint density at radius 2 is 2.08 bits per heavy atom. The van der Waals surface area contributed by atoms with Gasteiger partial charge in [0.1, 0.15) is 12.4 Å². The Hall–Kier alpha value is -3.43. The van der Waals surface area contributed by atoms with Crippen LogP contribution >= 0.6 is 0 Å². The molecule has 1 atom stereocenters. The zero-order valence-corrected chi connectivity index (χ0v) is 22.7. The lowest BCUT2D eigenvalue weighted by molar-refractivity contribution is -0.155. The fourth-order valence-corrected chi connectivity index (χ4v) is 5.29. The summed E-state index contributed by atoms with van der Waals surface area (Å²) < 4.78 is 13.7. The predicted molar refractivity (Wildman–Crippen MR) is 144 cm³/mol. The van der Waals surface area contributed by atoms with E-state index >= 15 is 0 Å². The normalized spacial score (nSPS) is 17.9. The molecule has 9 heteroatoms. The number of ether oxygens (including phenoxy) is 2. The average Bonchev–Trinajstić information content (AvgIpc) is 3.47. The molecule has 1 fully saturated rings. The third-order valence-corrected chi connectivity index (χ3v) is 7.13. The lowest BCUT2D eigenvalue weighted by Gasteiger charge is -2.45. The zero-order valence-electron chi connectivity index (χ0n) is 22.7. The van der Waals surface area contributed by atoms with Gasteiger partial charge in [-0.05, 0) is 63.2 Å². The second-order valence-corrected chi connectivity index (χ2v) is 11.1. The standard InChI is InChI=1S/C28H36N6O3/c1-17(2)25-20-10-18(23-13-33(24(35)14-32(5)6)28(3,4)15-37-23)8-9-21(20)31-26(25)19-11-22(36-7)27-29-16-30-34(27)12-19/h8-12,16-17,23,31H,13-15H2,1-7H3. The number of carbonyl (C=O) groups is 1. The van der Waals surface area contributed by atoms with E-state index in [9.17, 15) is 4.79 Å². The Kier molecular flexibility index (Phi) is 6.45. The van der Waals surface area contributed by atoms with Crippen molar-refractivity contribution in [1.29, 1.82) is 0 Å². The molecular weight excluding hydrogens is 468 g/mol. The fourth-order valence-electron chi connectivity index (χ4n) is 5.29. The Morgan fingerprint density at radius 1 is 1.30 bits per heavy atom. The zero-order chi connectivity index (χ0) is 26.5. The van der Waals surface area contributed by atoms with E-state index in [2.05, 4.69) is 61.0 Å². The summed E-state index contributed by atoms with van der Waals surface area (Å²) in [5, 5.41) is 5.48. The predicted octanol–water partition coefficient (Wildman–Crippen LogP) is 4.25. The Labute approximate surface area is 217 Å². The quantitative estimate of drug-likeness (QED) is 0.422. The molecule has 1 saturated heterocycles. The SMILES string of the molecule is COc1cc(-c2[nH]c3ccc(C4CN(C(=O)CN(C)C)C(C)(C)CO4)cc3c2C(C)C)cn2ncnc12. The fraction of sp³-hybridized carbons (Fsp3) is 0.464. The second-order valence-electron chi connectivity index (χ2n) is 11.1. The average molecular weight is 505 g/mol. The van der Waals surface area contributed by atoms with Crippen molar-refractivity contribution in [3.05, 3.63) is 47.9 Å². The number of benzene rings is 1. The maximum Gasteiger partial charge on any atom is 0.237 e. The molecule has 196 valence electrons. The number of hydrogen-bond acceptors (Lipinski definition) is 6. The number of aromatic nitrogens is 4. The van der Waals surface area contributed by atoms with Gasteiger partial charge in [0.25, 0.3) is 0 Å². The van der Waals surface area contributed by atoms with Gasteiger partial charge in [-0.25, -0.2) is 9.50 Å². The molecule has 4 aromatic rings. The van der Waals surface area contributed by atoms with Crippen LogP contribution in [-0.2, 0) is 9.53 Å². The van der Waals surface area contributed by atoms with Gasteiger partial charge in [0.05, 0.1) is 38.0 Å². The van der Waals surface area contributed by atoms with Crippen molar-refractivity contribution >= 4 is 22.5 Å². The number of carbonyl (C=O) groups excluding carboxylic acids is 1. The van der Waals surface area contributed by atoms with Crippen LogP contribution < -0.4 is 4.74 Å². The molecule has 4 heterocycles. The van der Waals surface area contributed by atoms with Crippen LogP contribution in [0.3, 0.4) is 0 Å². The molecule has 0 bridgehead atoms. The first kappa shape index (κ1) is 25.2. The summed E-state index contributed by atoms with van der Waals surface area (Å²) in [7, 11) is 5.49. The van der Waals surface area contributed by atoms with Gasteiger partial charge in [0.2, 0.25) is 5.91 Å². The molecule has 9 nitrogen and oxygen atoms in total. The van der Waals surface area contributed by atoms with Gasteiger partial charge in [0, 0.05) is 22.7 Å². The van der Waals surface area contributed by atoms with Crippen LogP contribution in [0.2, 0.25) is 0 Å². The van der Waals surface area contributed by atoms with Crippen molar-refractivity contribution < 1.29 is 14.3 Å². The van der Waals surface area contributed by atoms with Gasteiger partial charge >= 0.3 is 0 Å². The van der Waals surface area contributed by atoms with Gasteiger partial charge in [-0.2, -0.15) is 5.10 Å². The summed E-state index contributed by atoms with van der Waals surface area (Å²) in [4.78, 5) is 24.9. The van der Waals surface area contributed by atoms with E-state index < -0.39 is 0 Å². The number of pyridine rings is 1. The van der Waals surface area contributed by atoms with Gasteiger partial charge < -0.3 is 24.3 Å². The summed E-state index contributed by atoms with van der Waals surface area (Å²) in [6, 6.07) is 8.43. The topological polar surface area (TPSA) is 88.0 Å². The third-order valence-electron chi connectivity index (χ3n) is 7.13. The molecule has 1 amide bonds. The minimum absolute atomic E-state index is 0.119. The first-order valence-corrected chi connectivity index (χ1v) is 12.7. The van der Waals surface area contributed by atoms with E-state index in [4.69, 9.17) is 9.47 Å². The summed E-state index contributed by atoms with van der Waals surface area (Å²) in [5.74, 6) is 1.05. The maximum absolute atomic E-state index is 13.0. The molecule has 1 aromatic carbocycles. The summed E-state index contributed by atoms with van der Waals surface area (Å²) in [6.07, 6.45) is 3.32. The second kappa shape index (κ2) is 9.46. The Balaban J connectivity index is 1.55. The summed E-state index contributed by atoms with van der Waals surface area (Å²) >= 11 is 0. The molecule has 1 aliphatic heterocycles. The van der Waals surface area contributed by atoms with Gasteiger partial charge in [0.15, 0.2) is 11.4 Å². The molecule has 0 aliphatic carbocycles. The Morgan fingerprint density at radius 3 is 2.78 bits per heavy atom. The lowest BCUT2D eigenvalue weighted by Crippen LogP contribution is -2.57. The number of hydrogen-bond donors (Lipinski definition) is 1. The molecule has 1 unspecified atom stereocenters. The van der Waals surface area contributed by atoms with Crippen LogP contribution in [0.1, 0.15) is 50.8 Å². The number of morpholine rings is 1. The number of H-pyrrole nitrogens is 1. The molecule has 0 saturated carbocycles. The first-order valence-electron chi connectivity index (χ1n) is 12.7. The van der Waals surface area contributed by atoms with E-state index in [-0.39, 0.29) is 23.5 Å². The number of fused-ring (bicyclic) bond motifs is 2. The molecule has 0 radical (unpaired) electrons.